The molecule has 0 aliphatic carbocycles. The average molecular weight is 467 g/mol. The van der Waals surface area contributed by atoms with Crippen LogP contribution in [-0.4, -0.2) is 46.8 Å². The summed E-state index contributed by atoms with van der Waals surface area (Å²) >= 11 is 5.07. The van der Waals surface area contributed by atoms with E-state index in [0.717, 1.165) is 27.9 Å². The summed E-state index contributed by atoms with van der Waals surface area (Å²) in [7, 11) is 0. The fourth-order valence-corrected chi connectivity index (χ4v) is 4.56. The topological polar surface area (TPSA) is 80.3 Å². The number of rotatable bonds is 2. The number of aliphatic imine (C=N–C) groups is 2. The van der Waals surface area contributed by atoms with Crippen LogP contribution in [0.2, 0.25) is 0 Å². The molecule has 0 radical (unpaired) electrons. The van der Waals surface area contributed by atoms with Crippen molar-refractivity contribution in [2.75, 3.05) is 19.3 Å². The van der Waals surface area contributed by atoms with E-state index in [2.05, 4.69) is 28.1 Å². The van der Waals surface area contributed by atoms with Gasteiger partial charge in [-0.05, 0) is 52.0 Å². The second kappa shape index (κ2) is 8.06. The number of amidine groups is 1. The smallest absolute Gasteiger partial charge is 0.410 e. The largest absolute Gasteiger partial charge is 0.444 e. The Morgan fingerprint density at radius 2 is 2.00 bits per heavy atom. The average Bonchev–Trinajstić information content (AvgIpc) is 2.98. The number of likely N-dealkylation sites (tertiary alicyclic amines) is 1. The van der Waals surface area contributed by atoms with Crippen molar-refractivity contribution in [3.05, 3.63) is 34.3 Å². The predicted molar refractivity (Wildman–Crippen MR) is 119 cm³/mol. The first-order valence-electron chi connectivity index (χ1n) is 9.38. The van der Waals surface area contributed by atoms with Gasteiger partial charge in [-0.2, -0.15) is 0 Å². The fourth-order valence-electron chi connectivity index (χ4n) is 3.67. The van der Waals surface area contributed by atoms with E-state index in [1.807, 2.05) is 39.2 Å². The van der Waals surface area contributed by atoms with Crippen molar-refractivity contribution in [2.45, 2.75) is 44.9 Å². The van der Waals surface area contributed by atoms with E-state index in [1.54, 1.807) is 4.90 Å². The first-order valence-corrected chi connectivity index (χ1v) is 11.4. The lowest BCUT2D eigenvalue weighted by Gasteiger charge is -2.39. The number of benzene rings is 1. The molecule has 1 unspecified atom stereocenters. The van der Waals surface area contributed by atoms with E-state index in [4.69, 9.17) is 20.5 Å². The lowest BCUT2D eigenvalue weighted by molar-refractivity contribution is 0.0149. The maximum atomic E-state index is 12.4. The molecule has 2 N–H and O–H groups in total. The van der Waals surface area contributed by atoms with E-state index in [0.29, 0.717) is 18.9 Å². The number of halogens is 1. The van der Waals surface area contributed by atoms with Gasteiger partial charge in [0.1, 0.15) is 10.6 Å². The Morgan fingerprint density at radius 1 is 1.32 bits per heavy atom. The molecule has 1 amide bonds. The second-order valence-electron chi connectivity index (χ2n) is 8.10. The van der Waals surface area contributed by atoms with Crippen LogP contribution in [0.3, 0.4) is 0 Å². The van der Waals surface area contributed by atoms with Gasteiger partial charge >= 0.3 is 6.09 Å². The molecule has 0 bridgehead atoms. The number of nitrogens with zero attached hydrogens (tertiary/aromatic N) is 3. The van der Waals surface area contributed by atoms with Gasteiger partial charge < -0.3 is 15.4 Å². The number of carbonyl (C=O) groups is 1. The van der Waals surface area contributed by atoms with Gasteiger partial charge in [0.2, 0.25) is 0 Å². The molecule has 2 aliphatic heterocycles. The highest BCUT2D eigenvalue weighted by atomic mass is 79.9. The van der Waals surface area contributed by atoms with Crippen LogP contribution in [0.4, 0.5) is 4.79 Å². The number of carbonyl (C=O) groups excluding carboxylic acids is 1. The first-order chi connectivity index (χ1) is 13.1. The molecular formula is C20H27BrN4O2S. The third-order valence-electron chi connectivity index (χ3n) is 4.94. The van der Waals surface area contributed by atoms with Crippen LogP contribution in [0.1, 0.15) is 39.2 Å². The zero-order valence-electron chi connectivity index (χ0n) is 16.7. The molecule has 1 aromatic rings. The third kappa shape index (κ3) is 4.38. The molecule has 1 fully saturated rings. The van der Waals surface area contributed by atoms with Gasteiger partial charge in [0.25, 0.3) is 0 Å². The molecule has 3 rings (SSSR count). The molecule has 1 atom stereocenters. The number of hydrogen-bond acceptors (Lipinski definition) is 6. The summed E-state index contributed by atoms with van der Waals surface area (Å²) in [5.74, 6) is 0.644. The minimum absolute atomic E-state index is 0.156. The molecule has 0 spiro atoms. The summed E-state index contributed by atoms with van der Waals surface area (Å²) in [5.41, 5.74) is 5.99. The van der Waals surface area contributed by atoms with Crippen molar-refractivity contribution in [3.8, 4) is 0 Å². The van der Waals surface area contributed by atoms with Gasteiger partial charge in [-0.1, -0.05) is 28.1 Å². The monoisotopic (exact) mass is 466 g/mol. The molecule has 28 heavy (non-hydrogen) atoms. The Balaban J connectivity index is 1.85. The molecular weight excluding hydrogens is 440 g/mol. The van der Waals surface area contributed by atoms with Crippen LogP contribution < -0.4 is 5.73 Å². The Hall–Kier alpha value is -1.54. The van der Waals surface area contributed by atoms with Crippen LogP contribution in [0.15, 0.2) is 38.7 Å². The summed E-state index contributed by atoms with van der Waals surface area (Å²) in [6.45, 7) is 6.89. The summed E-state index contributed by atoms with van der Waals surface area (Å²) in [6.07, 6.45) is 3.27. The molecule has 2 aliphatic rings. The van der Waals surface area contributed by atoms with E-state index >= 15 is 0 Å². The summed E-state index contributed by atoms with van der Waals surface area (Å²) in [4.78, 5) is 24.0. The lowest BCUT2D eigenvalue weighted by atomic mass is 9.80. The molecule has 0 aromatic heterocycles. The van der Waals surface area contributed by atoms with E-state index < -0.39 is 11.3 Å². The molecule has 8 heteroatoms. The highest BCUT2D eigenvalue weighted by molar-refractivity contribution is 9.10. The van der Waals surface area contributed by atoms with E-state index in [1.165, 1.54) is 11.8 Å². The number of thioether (sulfide) groups is 1. The maximum Gasteiger partial charge on any atom is 0.410 e. The quantitative estimate of drug-likeness (QED) is 0.700. The van der Waals surface area contributed by atoms with Gasteiger partial charge in [0, 0.05) is 29.0 Å². The molecule has 0 saturated carbocycles. The Morgan fingerprint density at radius 3 is 2.54 bits per heavy atom. The van der Waals surface area contributed by atoms with Crippen LogP contribution in [-0.2, 0) is 10.4 Å². The molecule has 1 saturated heterocycles. The Bertz CT molecular complexity index is 813. The zero-order chi connectivity index (χ0) is 20.5. The summed E-state index contributed by atoms with van der Waals surface area (Å²) < 4.78 is 6.50. The predicted octanol–water partition coefficient (Wildman–Crippen LogP) is 4.38. The molecule has 152 valence electrons. The van der Waals surface area contributed by atoms with Crippen LogP contribution in [0.25, 0.3) is 0 Å². The maximum absolute atomic E-state index is 12.4. The van der Waals surface area contributed by atoms with Gasteiger partial charge in [0.05, 0.1) is 0 Å². The first kappa shape index (κ1) is 21.2. The molecule has 6 nitrogen and oxygen atoms in total. The standard InChI is InChI=1S/C20H27BrN4O2S/c1-19(2,3)27-18(26)25-10-8-13(9-11-25)20(14-6-5-7-15(21)12-14)23-16(22)17(24-20)28-4/h5-7,12-13H,8-11H2,1-4H3,(H2,22,23). The number of piperidine rings is 1. The van der Waals surface area contributed by atoms with Gasteiger partial charge in [-0.3, -0.25) is 0 Å². The highest BCUT2D eigenvalue weighted by Gasteiger charge is 2.46. The van der Waals surface area contributed by atoms with Gasteiger partial charge in [-0.25, -0.2) is 14.8 Å². The van der Waals surface area contributed by atoms with Crippen LogP contribution in [0.5, 0.6) is 0 Å². The van der Waals surface area contributed by atoms with Crippen molar-refractivity contribution >= 4 is 44.7 Å². The van der Waals surface area contributed by atoms with Crippen molar-refractivity contribution in [1.29, 1.82) is 0 Å². The minimum atomic E-state index is -0.730. The third-order valence-corrected chi connectivity index (χ3v) is 6.12. The van der Waals surface area contributed by atoms with Crippen LogP contribution in [0, 0.1) is 5.92 Å². The van der Waals surface area contributed by atoms with Crippen molar-refractivity contribution in [1.82, 2.24) is 4.90 Å². The van der Waals surface area contributed by atoms with E-state index in [9.17, 15) is 4.79 Å². The van der Waals surface area contributed by atoms with Crippen LogP contribution >= 0.6 is 27.7 Å². The second-order valence-corrected chi connectivity index (χ2v) is 9.81. The SMILES string of the molecule is CSC1=NC(c2cccc(Br)c2)(C2CCN(C(=O)OC(C)(C)C)CC2)N=C1N. The van der Waals surface area contributed by atoms with Crippen molar-refractivity contribution in [2.24, 2.45) is 21.6 Å². The van der Waals surface area contributed by atoms with Gasteiger partial charge in [-0.15, -0.1) is 11.8 Å². The van der Waals surface area contributed by atoms with Crippen molar-refractivity contribution < 1.29 is 9.53 Å². The number of nitrogens with two attached hydrogens (primary N) is 1. The molecule has 1 aromatic carbocycles. The summed E-state index contributed by atoms with van der Waals surface area (Å²) in [5, 5.41) is 0.773. The summed E-state index contributed by atoms with van der Waals surface area (Å²) in [6, 6.07) is 8.09. The Labute approximate surface area is 179 Å². The lowest BCUT2D eigenvalue weighted by Crippen LogP contribution is -2.45. The number of ether oxygens (including phenoxy) is 1. The molecule has 2 heterocycles. The van der Waals surface area contributed by atoms with Crippen molar-refractivity contribution in [3.63, 3.8) is 0 Å². The zero-order valence-corrected chi connectivity index (χ0v) is 19.1. The van der Waals surface area contributed by atoms with E-state index in [-0.39, 0.29) is 12.0 Å². The Kier molecular flexibility index (Phi) is 6.10. The van der Waals surface area contributed by atoms with Gasteiger partial charge in [0.15, 0.2) is 11.5 Å². The minimum Gasteiger partial charge on any atom is -0.444 e. The normalized spacial score (nSPS) is 23.4. The number of hydrogen-bond donors (Lipinski definition) is 1. The highest BCUT2D eigenvalue weighted by Crippen LogP contribution is 2.45. The number of amides is 1. The fraction of sp³-hybridized carbons (Fsp3) is 0.550.